The minimum Gasteiger partial charge on any atom is -0.356 e. The summed E-state index contributed by atoms with van der Waals surface area (Å²) in [4.78, 5) is 6.93. The van der Waals surface area contributed by atoms with E-state index in [1.54, 1.807) is 12.1 Å². The number of hydrogen-bond acceptors (Lipinski definition) is 2. The van der Waals surface area contributed by atoms with Crippen molar-refractivity contribution < 1.29 is 4.39 Å². The van der Waals surface area contributed by atoms with Gasteiger partial charge in [0.2, 0.25) is 0 Å². The Morgan fingerprint density at radius 2 is 1.85 bits per heavy atom. The second-order valence-corrected chi connectivity index (χ2v) is 7.76. The maximum Gasteiger partial charge on any atom is 0.191 e. The van der Waals surface area contributed by atoms with Crippen LogP contribution >= 0.6 is 24.0 Å². The zero-order valence-corrected chi connectivity index (χ0v) is 18.4. The lowest BCUT2D eigenvalue weighted by Gasteiger charge is -2.35. The second-order valence-electron chi connectivity index (χ2n) is 7.76. The van der Waals surface area contributed by atoms with Crippen molar-refractivity contribution in [3.63, 3.8) is 0 Å². The van der Waals surface area contributed by atoms with Crippen molar-refractivity contribution in [2.24, 2.45) is 4.99 Å². The average molecular weight is 474 g/mol. The number of likely N-dealkylation sites (tertiary alicyclic amines) is 1. The largest absolute Gasteiger partial charge is 0.356 e. The third-order valence-corrected chi connectivity index (χ3v) is 5.73. The number of halogens is 2. The Balaban J connectivity index is 0.00000243. The molecule has 1 aliphatic heterocycles. The molecule has 1 saturated carbocycles. The monoisotopic (exact) mass is 474 g/mol. The van der Waals surface area contributed by atoms with Crippen LogP contribution in [0.25, 0.3) is 0 Å². The van der Waals surface area contributed by atoms with Crippen molar-refractivity contribution in [1.29, 1.82) is 0 Å². The maximum absolute atomic E-state index is 13.2. The predicted octanol–water partition coefficient (Wildman–Crippen LogP) is 3.51. The lowest BCUT2D eigenvalue weighted by molar-refractivity contribution is 0.167. The molecule has 6 heteroatoms. The van der Waals surface area contributed by atoms with Crippen molar-refractivity contribution in [3.05, 3.63) is 35.6 Å². The molecular weight excluding hydrogens is 442 g/mol. The molecule has 0 aromatic heterocycles. The summed E-state index contributed by atoms with van der Waals surface area (Å²) in [6.45, 7) is 7.67. The van der Waals surface area contributed by atoms with Crippen LogP contribution in [0.5, 0.6) is 0 Å². The molecule has 2 N–H and O–H groups in total. The summed E-state index contributed by atoms with van der Waals surface area (Å²) in [5.41, 5.74) is 1.37. The number of nitrogens with one attached hydrogen (secondary N) is 2. The highest BCUT2D eigenvalue weighted by Crippen LogP contribution is 2.47. The van der Waals surface area contributed by atoms with Crippen LogP contribution in [0.2, 0.25) is 0 Å². The van der Waals surface area contributed by atoms with Gasteiger partial charge in [0.25, 0.3) is 0 Å². The first kappa shape index (κ1) is 21.4. The van der Waals surface area contributed by atoms with Crippen LogP contribution in [0, 0.1) is 5.82 Å². The Labute approximate surface area is 174 Å². The van der Waals surface area contributed by atoms with Gasteiger partial charge in [0.1, 0.15) is 5.82 Å². The van der Waals surface area contributed by atoms with Gasteiger partial charge in [-0.1, -0.05) is 12.1 Å². The van der Waals surface area contributed by atoms with E-state index in [-0.39, 0.29) is 35.2 Å². The smallest absolute Gasteiger partial charge is 0.191 e. The molecule has 0 radical (unpaired) electrons. The van der Waals surface area contributed by atoms with Crippen molar-refractivity contribution in [3.8, 4) is 0 Å². The molecule has 146 valence electrons. The van der Waals surface area contributed by atoms with Gasteiger partial charge in [-0.05, 0) is 57.2 Å². The van der Waals surface area contributed by atoms with Gasteiger partial charge in [-0.2, -0.15) is 0 Å². The van der Waals surface area contributed by atoms with Crippen molar-refractivity contribution in [2.75, 3.05) is 26.7 Å². The Morgan fingerprint density at radius 1 is 1.23 bits per heavy atom. The van der Waals surface area contributed by atoms with Crippen molar-refractivity contribution in [1.82, 2.24) is 15.5 Å². The van der Waals surface area contributed by atoms with E-state index in [1.807, 2.05) is 19.2 Å². The Bertz CT molecular complexity index is 590. The highest BCUT2D eigenvalue weighted by atomic mass is 127. The van der Waals surface area contributed by atoms with E-state index >= 15 is 0 Å². The SMILES string of the molecule is CN=C(NCC1(c2ccc(F)cc2)CC1)NC1CCN(C(C)C)CC1.I. The minimum atomic E-state index is -0.169. The molecule has 2 aliphatic rings. The summed E-state index contributed by atoms with van der Waals surface area (Å²) in [5, 5.41) is 7.08. The van der Waals surface area contributed by atoms with Crippen LogP contribution in [0.3, 0.4) is 0 Å². The predicted molar refractivity (Wildman–Crippen MR) is 117 cm³/mol. The molecule has 0 amide bonds. The quantitative estimate of drug-likeness (QED) is 0.390. The molecule has 26 heavy (non-hydrogen) atoms. The van der Waals surface area contributed by atoms with Crippen LogP contribution in [-0.2, 0) is 5.41 Å². The number of benzene rings is 1. The number of rotatable bonds is 5. The number of aliphatic imine (C=N–C) groups is 1. The Morgan fingerprint density at radius 3 is 2.35 bits per heavy atom. The molecule has 1 aromatic carbocycles. The molecule has 1 aromatic rings. The minimum absolute atomic E-state index is 0. The van der Waals surface area contributed by atoms with Crippen molar-refractivity contribution in [2.45, 2.75) is 57.0 Å². The highest BCUT2D eigenvalue weighted by molar-refractivity contribution is 14.0. The van der Waals surface area contributed by atoms with Gasteiger partial charge in [-0.3, -0.25) is 4.99 Å². The first-order valence-electron chi connectivity index (χ1n) is 9.50. The third-order valence-electron chi connectivity index (χ3n) is 5.73. The van der Waals surface area contributed by atoms with E-state index in [2.05, 4.69) is 34.4 Å². The Hall–Kier alpha value is -0.890. The van der Waals surface area contributed by atoms with Crippen molar-refractivity contribution >= 4 is 29.9 Å². The van der Waals surface area contributed by atoms with Crippen LogP contribution in [-0.4, -0.2) is 49.6 Å². The first-order chi connectivity index (χ1) is 12.0. The van der Waals surface area contributed by atoms with E-state index in [4.69, 9.17) is 0 Å². The highest BCUT2D eigenvalue weighted by Gasteiger charge is 2.44. The molecule has 4 nitrogen and oxygen atoms in total. The molecule has 0 unspecified atom stereocenters. The summed E-state index contributed by atoms with van der Waals surface area (Å²) in [5.74, 6) is 0.717. The first-order valence-corrected chi connectivity index (χ1v) is 9.50. The van der Waals surface area contributed by atoms with Gasteiger partial charge in [0.15, 0.2) is 5.96 Å². The summed E-state index contributed by atoms with van der Waals surface area (Å²) >= 11 is 0. The molecular formula is C20H32FIN4. The van der Waals surface area contributed by atoms with E-state index in [0.29, 0.717) is 12.1 Å². The lowest BCUT2D eigenvalue weighted by atomic mass is 9.96. The van der Waals surface area contributed by atoms with Gasteiger partial charge in [0.05, 0.1) is 0 Å². The summed E-state index contributed by atoms with van der Waals surface area (Å²) < 4.78 is 13.2. The normalized spacial score (nSPS) is 20.6. The molecule has 0 atom stereocenters. The zero-order chi connectivity index (χ0) is 17.9. The molecule has 0 bridgehead atoms. The molecule has 1 aliphatic carbocycles. The molecule has 0 spiro atoms. The summed E-state index contributed by atoms with van der Waals surface area (Å²) in [6.07, 6.45) is 4.61. The van der Waals surface area contributed by atoms with Crippen LogP contribution in [0.4, 0.5) is 4.39 Å². The fourth-order valence-electron chi connectivity index (χ4n) is 3.72. The number of nitrogens with zero attached hydrogens (tertiary/aromatic N) is 2. The number of piperidine rings is 1. The number of guanidine groups is 1. The fraction of sp³-hybridized carbons (Fsp3) is 0.650. The van der Waals surface area contributed by atoms with Gasteiger partial charge < -0.3 is 15.5 Å². The van der Waals surface area contributed by atoms with E-state index < -0.39 is 0 Å². The fourth-order valence-corrected chi connectivity index (χ4v) is 3.72. The molecule has 2 fully saturated rings. The van der Waals surface area contributed by atoms with Gasteiger partial charge in [0, 0.05) is 44.2 Å². The van der Waals surface area contributed by atoms with Crippen LogP contribution in [0.1, 0.15) is 45.1 Å². The van der Waals surface area contributed by atoms with Gasteiger partial charge in [-0.25, -0.2) is 4.39 Å². The topological polar surface area (TPSA) is 39.7 Å². The average Bonchev–Trinajstić information content (AvgIpc) is 3.40. The standard InChI is InChI=1S/C20H31FN4.HI/c1-15(2)25-12-8-18(9-13-25)24-19(22-3)23-14-20(10-11-20)16-4-6-17(21)7-5-16;/h4-7,15,18H,8-14H2,1-3H3,(H2,22,23,24);1H. The molecule has 1 saturated heterocycles. The number of hydrogen-bond donors (Lipinski definition) is 2. The van der Waals surface area contributed by atoms with Gasteiger partial charge in [-0.15, -0.1) is 24.0 Å². The maximum atomic E-state index is 13.2. The van der Waals surface area contributed by atoms with Crippen LogP contribution in [0.15, 0.2) is 29.3 Å². The lowest BCUT2D eigenvalue weighted by Crippen LogP contribution is -2.50. The van der Waals surface area contributed by atoms with Gasteiger partial charge >= 0.3 is 0 Å². The third kappa shape index (κ3) is 5.31. The van der Waals surface area contributed by atoms with E-state index in [0.717, 1.165) is 51.3 Å². The van der Waals surface area contributed by atoms with E-state index in [1.165, 1.54) is 5.56 Å². The Kier molecular flexibility index (Phi) is 7.70. The zero-order valence-electron chi connectivity index (χ0n) is 16.1. The summed E-state index contributed by atoms with van der Waals surface area (Å²) in [7, 11) is 1.83. The second kappa shape index (κ2) is 9.35. The molecule has 3 rings (SSSR count). The summed E-state index contributed by atoms with van der Waals surface area (Å²) in [6, 6.07) is 8.07. The van der Waals surface area contributed by atoms with E-state index in [9.17, 15) is 4.39 Å². The molecule has 1 heterocycles. The van der Waals surface area contributed by atoms with Crippen LogP contribution < -0.4 is 10.6 Å².